The van der Waals surface area contributed by atoms with Gasteiger partial charge in [0.05, 0.1) is 6.61 Å². The first kappa shape index (κ1) is 16.0. The molecule has 0 aromatic carbocycles. The smallest absolute Gasteiger partial charge is 0.319 e. The quantitative estimate of drug-likeness (QED) is 0.439. The largest absolute Gasteiger partial charge is 0.465 e. The molecule has 0 spiro atoms. The second-order valence-electron chi connectivity index (χ2n) is 6.43. The summed E-state index contributed by atoms with van der Waals surface area (Å²) in [4.78, 5) is 24.1. The number of esters is 1. The molecule has 1 rings (SSSR count). The third-order valence-electron chi connectivity index (χ3n) is 3.44. The van der Waals surface area contributed by atoms with E-state index in [1.54, 1.807) is 6.92 Å². The summed E-state index contributed by atoms with van der Waals surface area (Å²) in [6.07, 6.45) is 4.85. The Morgan fingerprint density at radius 1 is 1.32 bits per heavy atom. The van der Waals surface area contributed by atoms with Crippen molar-refractivity contribution in [3.8, 4) is 0 Å². The SMILES string of the molecule is CCOC(=O)C(C(=O)NCCCC1CC1)C(C)(C)C. The Labute approximate surface area is 116 Å². The minimum absolute atomic E-state index is 0.207. The average molecular weight is 269 g/mol. The first-order valence-corrected chi connectivity index (χ1v) is 7.30. The maximum Gasteiger partial charge on any atom is 0.319 e. The number of amides is 1. The van der Waals surface area contributed by atoms with Crippen LogP contribution in [0.25, 0.3) is 0 Å². The van der Waals surface area contributed by atoms with Gasteiger partial charge in [-0.15, -0.1) is 0 Å². The van der Waals surface area contributed by atoms with Gasteiger partial charge in [0.25, 0.3) is 0 Å². The highest BCUT2D eigenvalue weighted by atomic mass is 16.5. The van der Waals surface area contributed by atoms with Crippen molar-refractivity contribution in [1.82, 2.24) is 5.32 Å². The fourth-order valence-electron chi connectivity index (χ4n) is 2.19. The lowest BCUT2D eigenvalue weighted by Crippen LogP contribution is -2.43. The molecule has 4 heteroatoms. The summed E-state index contributed by atoms with van der Waals surface area (Å²) in [5.74, 6) is -0.481. The summed E-state index contributed by atoms with van der Waals surface area (Å²) in [5, 5.41) is 2.87. The zero-order valence-electron chi connectivity index (χ0n) is 12.6. The van der Waals surface area contributed by atoms with E-state index in [2.05, 4.69) is 5.32 Å². The van der Waals surface area contributed by atoms with E-state index in [0.717, 1.165) is 12.3 Å². The fraction of sp³-hybridized carbons (Fsp3) is 0.867. The molecule has 0 heterocycles. The normalized spacial score (nSPS) is 16.8. The number of carbonyl (C=O) groups excluding carboxylic acids is 2. The molecule has 1 aliphatic carbocycles. The molecule has 1 fully saturated rings. The molecule has 110 valence electrons. The maximum atomic E-state index is 12.2. The van der Waals surface area contributed by atoms with Gasteiger partial charge in [0.15, 0.2) is 0 Å². The number of nitrogens with one attached hydrogen (secondary N) is 1. The molecule has 19 heavy (non-hydrogen) atoms. The minimum atomic E-state index is -0.728. The van der Waals surface area contributed by atoms with Crippen LogP contribution >= 0.6 is 0 Å². The van der Waals surface area contributed by atoms with Gasteiger partial charge < -0.3 is 10.1 Å². The van der Waals surface area contributed by atoms with Crippen molar-refractivity contribution in [2.75, 3.05) is 13.2 Å². The lowest BCUT2D eigenvalue weighted by atomic mass is 9.80. The molecule has 0 radical (unpaired) electrons. The standard InChI is InChI=1S/C15H27NO3/c1-5-19-14(18)12(15(2,3)4)13(17)16-10-6-7-11-8-9-11/h11-12H,5-10H2,1-4H3,(H,16,17). The van der Waals surface area contributed by atoms with E-state index >= 15 is 0 Å². The summed E-state index contributed by atoms with van der Waals surface area (Å²) in [5.41, 5.74) is -0.424. The molecule has 1 saturated carbocycles. The molecule has 1 amide bonds. The van der Waals surface area contributed by atoms with Crippen molar-refractivity contribution in [3.05, 3.63) is 0 Å². The summed E-state index contributed by atoms with van der Waals surface area (Å²) in [6, 6.07) is 0. The van der Waals surface area contributed by atoms with Gasteiger partial charge in [-0.25, -0.2) is 0 Å². The molecule has 0 aromatic heterocycles. The van der Waals surface area contributed by atoms with Crippen molar-refractivity contribution >= 4 is 11.9 Å². The van der Waals surface area contributed by atoms with Gasteiger partial charge in [0, 0.05) is 6.54 Å². The fourth-order valence-corrected chi connectivity index (χ4v) is 2.19. The molecule has 4 nitrogen and oxygen atoms in total. The summed E-state index contributed by atoms with van der Waals surface area (Å²) < 4.78 is 5.01. The van der Waals surface area contributed by atoms with E-state index in [4.69, 9.17) is 4.74 Å². The zero-order chi connectivity index (χ0) is 14.5. The highest BCUT2D eigenvalue weighted by Crippen LogP contribution is 2.33. The number of carbonyl (C=O) groups is 2. The van der Waals surface area contributed by atoms with Gasteiger partial charge in [-0.3, -0.25) is 9.59 Å². The van der Waals surface area contributed by atoms with Crippen LogP contribution in [0.15, 0.2) is 0 Å². The maximum absolute atomic E-state index is 12.2. The molecule has 0 aliphatic heterocycles. The van der Waals surface area contributed by atoms with Gasteiger partial charge in [-0.05, 0) is 31.1 Å². The van der Waals surface area contributed by atoms with Gasteiger partial charge in [0.1, 0.15) is 5.92 Å². The van der Waals surface area contributed by atoms with E-state index in [-0.39, 0.29) is 5.91 Å². The lowest BCUT2D eigenvalue weighted by molar-refractivity contribution is -0.156. The molecule has 1 aliphatic rings. The third-order valence-corrected chi connectivity index (χ3v) is 3.44. The average Bonchev–Trinajstić information content (AvgIpc) is 3.06. The van der Waals surface area contributed by atoms with Gasteiger partial charge >= 0.3 is 5.97 Å². The van der Waals surface area contributed by atoms with Crippen molar-refractivity contribution in [1.29, 1.82) is 0 Å². The van der Waals surface area contributed by atoms with Crippen molar-refractivity contribution in [2.45, 2.75) is 53.4 Å². The van der Waals surface area contributed by atoms with Gasteiger partial charge in [0.2, 0.25) is 5.91 Å². The van der Waals surface area contributed by atoms with Crippen LogP contribution in [0.3, 0.4) is 0 Å². The van der Waals surface area contributed by atoms with Crippen molar-refractivity contribution < 1.29 is 14.3 Å². The number of hydrogen-bond donors (Lipinski definition) is 1. The molecule has 0 aromatic rings. The van der Waals surface area contributed by atoms with E-state index in [1.807, 2.05) is 20.8 Å². The summed E-state index contributed by atoms with van der Waals surface area (Å²) in [7, 11) is 0. The van der Waals surface area contributed by atoms with Crippen LogP contribution in [-0.4, -0.2) is 25.0 Å². The van der Waals surface area contributed by atoms with E-state index in [9.17, 15) is 9.59 Å². The van der Waals surface area contributed by atoms with Crippen LogP contribution in [0.2, 0.25) is 0 Å². The van der Waals surface area contributed by atoms with Crippen LogP contribution in [0.5, 0.6) is 0 Å². The number of hydrogen-bond acceptors (Lipinski definition) is 3. The van der Waals surface area contributed by atoms with E-state index < -0.39 is 17.3 Å². The van der Waals surface area contributed by atoms with Crippen LogP contribution in [0.1, 0.15) is 53.4 Å². The topological polar surface area (TPSA) is 55.4 Å². The van der Waals surface area contributed by atoms with Crippen molar-refractivity contribution in [2.24, 2.45) is 17.3 Å². The summed E-state index contributed by atoms with van der Waals surface area (Å²) >= 11 is 0. The van der Waals surface area contributed by atoms with Crippen LogP contribution in [-0.2, 0) is 14.3 Å². The first-order chi connectivity index (χ1) is 8.86. The molecule has 0 bridgehead atoms. The van der Waals surface area contributed by atoms with Gasteiger partial charge in [-0.1, -0.05) is 33.6 Å². The molecular formula is C15H27NO3. The highest BCUT2D eigenvalue weighted by Gasteiger charge is 2.38. The Balaban J connectivity index is 2.43. The molecule has 1 N–H and O–H groups in total. The number of ether oxygens (including phenoxy) is 1. The Morgan fingerprint density at radius 3 is 2.42 bits per heavy atom. The second-order valence-corrected chi connectivity index (χ2v) is 6.43. The second kappa shape index (κ2) is 6.92. The zero-order valence-corrected chi connectivity index (χ0v) is 12.6. The Kier molecular flexibility index (Phi) is 5.83. The van der Waals surface area contributed by atoms with Crippen LogP contribution in [0.4, 0.5) is 0 Å². The highest BCUT2D eigenvalue weighted by molar-refractivity contribution is 5.98. The molecule has 1 unspecified atom stereocenters. The van der Waals surface area contributed by atoms with Crippen LogP contribution in [0, 0.1) is 17.3 Å². The predicted molar refractivity (Wildman–Crippen MR) is 74.5 cm³/mol. The Hall–Kier alpha value is -1.06. The monoisotopic (exact) mass is 269 g/mol. The van der Waals surface area contributed by atoms with E-state index in [0.29, 0.717) is 13.2 Å². The Morgan fingerprint density at radius 2 is 1.95 bits per heavy atom. The predicted octanol–water partition coefficient (Wildman–Crippen LogP) is 2.52. The van der Waals surface area contributed by atoms with E-state index in [1.165, 1.54) is 19.3 Å². The van der Waals surface area contributed by atoms with Gasteiger partial charge in [-0.2, -0.15) is 0 Å². The Bertz CT molecular complexity index is 316. The lowest BCUT2D eigenvalue weighted by Gasteiger charge is -2.27. The van der Waals surface area contributed by atoms with Crippen molar-refractivity contribution in [3.63, 3.8) is 0 Å². The van der Waals surface area contributed by atoms with Crippen LogP contribution < -0.4 is 5.32 Å². The number of rotatable bonds is 7. The molecular weight excluding hydrogens is 242 g/mol. The molecule has 0 saturated heterocycles. The third kappa shape index (κ3) is 5.62. The first-order valence-electron chi connectivity index (χ1n) is 7.30. The minimum Gasteiger partial charge on any atom is -0.465 e. The summed E-state index contributed by atoms with van der Waals surface area (Å²) in [6.45, 7) is 8.38. The molecule has 1 atom stereocenters.